The highest BCUT2D eigenvalue weighted by Gasteiger charge is 2.31. The van der Waals surface area contributed by atoms with Gasteiger partial charge in [-0.3, -0.25) is 18.9 Å². The number of nitrogens with zero attached hydrogens (tertiary/aromatic N) is 3. The van der Waals surface area contributed by atoms with E-state index < -0.39 is 0 Å². The molecule has 1 saturated heterocycles. The molecule has 0 spiro atoms. The van der Waals surface area contributed by atoms with Crippen LogP contribution >= 0.6 is 24.0 Å². The molecule has 0 unspecified atom stereocenters. The lowest BCUT2D eigenvalue weighted by Crippen LogP contribution is -2.27. The van der Waals surface area contributed by atoms with Crippen molar-refractivity contribution in [3.63, 3.8) is 0 Å². The van der Waals surface area contributed by atoms with Crippen molar-refractivity contribution in [1.82, 2.24) is 14.3 Å². The molecule has 0 bridgehead atoms. The van der Waals surface area contributed by atoms with Gasteiger partial charge in [0.25, 0.3) is 11.5 Å². The maximum Gasteiger partial charge on any atom is 0.267 e. The fraction of sp³-hybridized carbons (Fsp3) is 0.217. The molecule has 31 heavy (non-hydrogen) atoms. The summed E-state index contributed by atoms with van der Waals surface area (Å²) in [6.07, 6.45) is 3.30. The van der Waals surface area contributed by atoms with Gasteiger partial charge < -0.3 is 5.32 Å². The first kappa shape index (κ1) is 21.3. The van der Waals surface area contributed by atoms with Crippen molar-refractivity contribution in [2.24, 2.45) is 0 Å². The van der Waals surface area contributed by atoms with Crippen LogP contribution in [0.5, 0.6) is 0 Å². The zero-order valence-electron chi connectivity index (χ0n) is 17.5. The van der Waals surface area contributed by atoms with Gasteiger partial charge in [-0.15, -0.1) is 0 Å². The van der Waals surface area contributed by atoms with Gasteiger partial charge in [0.2, 0.25) is 0 Å². The topological polar surface area (TPSA) is 66.7 Å². The fourth-order valence-electron chi connectivity index (χ4n) is 3.49. The average molecular weight is 451 g/mol. The van der Waals surface area contributed by atoms with E-state index in [-0.39, 0.29) is 17.5 Å². The maximum absolute atomic E-state index is 13.4. The molecule has 1 amide bonds. The molecule has 1 aliphatic rings. The van der Waals surface area contributed by atoms with Crippen molar-refractivity contribution in [2.45, 2.75) is 26.8 Å². The number of hydrogen-bond donors (Lipinski definition) is 1. The summed E-state index contributed by atoms with van der Waals surface area (Å²) in [5, 5.41) is 3.38. The van der Waals surface area contributed by atoms with E-state index in [0.29, 0.717) is 32.8 Å². The quantitative estimate of drug-likeness (QED) is 0.459. The van der Waals surface area contributed by atoms with Gasteiger partial charge in [0, 0.05) is 18.8 Å². The van der Waals surface area contributed by atoms with E-state index in [0.717, 1.165) is 11.1 Å². The molecular formula is C23H22N4O2S2. The highest BCUT2D eigenvalue weighted by atomic mass is 32.2. The second-order valence-electron chi connectivity index (χ2n) is 7.27. The van der Waals surface area contributed by atoms with Crippen LogP contribution < -0.4 is 10.9 Å². The molecule has 2 aromatic heterocycles. The maximum atomic E-state index is 13.4. The highest BCUT2D eigenvalue weighted by molar-refractivity contribution is 8.26. The third-order valence-corrected chi connectivity index (χ3v) is 6.58. The first-order valence-corrected chi connectivity index (χ1v) is 11.2. The predicted octanol–water partition coefficient (Wildman–Crippen LogP) is 4.40. The van der Waals surface area contributed by atoms with Crippen molar-refractivity contribution >= 4 is 51.7 Å². The molecule has 0 aliphatic carbocycles. The first-order chi connectivity index (χ1) is 14.9. The zero-order chi connectivity index (χ0) is 22.1. The summed E-state index contributed by atoms with van der Waals surface area (Å²) in [4.78, 5) is 32.9. The van der Waals surface area contributed by atoms with Gasteiger partial charge in [-0.25, -0.2) is 4.98 Å². The summed E-state index contributed by atoms with van der Waals surface area (Å²) in [5.74, 6) is 0.255. The Labute approximate surface area is 190 Å². The Morgan fingerprint density at radius 2 is 1.94 bits per heavy atom. The van der Waals surface area contributed by atoms with Gasteiger partial charge >= 0.3 is 0 Å². The number of thioether (sulfide) groups is 1. The molecule has 6 nitrogen and oxygen atoms in total. The summed E-state index contributed by atoms with van der Waals surface area (Å²) >= 11 is 6.52. The summed E-state index contributed by atoms with van der Waals surface area (Å²) in [6.45, 7) is 6.29. The van der Waals surface area contributed by atoms with Crippen LogP contribution in [0.1, 0.15) is 36.6 Å². The summed E-state index contributed by atoms with van der Waals surface area (Å²) in [6, 6.07) is 13.6. The minimum Gasteiger partial charge on any atom is -0.363 e. The van der Waals surface area contributed by atoms with Gasteiger partial charge in [0.1, 0.15) is 15.8 Å². The standard InChI is InChI=1S/C23H22N4O2S2/c1-4-26-22(29)18(31-23(26)30)13-17-19(24-15(3)16-10-6-5-7-11-16)25-20-14(2)9-8-12-27(20)21(17)28/h5-13,15,24H,4H2,1-3H3/b18-13+/t15-/m0/s1. The summed E-state index contributed by atoms with van der Waals surface area (Å²) in [5.41, 5.74) is 2.63. The molecule has 3 heterocycles. The number of carbonyl (C=O) groups is 1. The number of aromatic nitrogens is 2. The Morgan fingerprint density at radius 3 is 2.61 bits per heavy atom. The van der Waals surface area contributed by atoms with E-state index in [1.54, 1.807) is 12.3 Å². The van der Waals surface area contributed by atoms with Gasteiger partial charge in [0.15, 0.2) is 0 Å². The van der Waals surface area contributed by atoms with E-state index in [1.807, 2.05) is 63.2 Å². The summed E-state index contributed by atoms with van der Waals surface area (Å²) in [7, 11) is 0. The second kappa shape index (κ2) is 8.64. The van der Waals surface area contributed by atoms with E-state index in [2.05, 4.69) is 5.32 Å². The molecule has 1 fully saturated rings. The number of rotatable bonds is 5. The van der Waals surface area contributed by atoms with Crippen molar-refractivity contribution in [1.29, 1.82) is 0 Å². The number of likely N-dealkylation sites (N-methyl/N-ethyl adjacent to an activating group) is 1. The van der Waals surface area contributed by atoms with Crippen LogP contribution in [0, 0.1) is 6.92 Å². The minimum atomic E-state index is -0.238. The number of hydrogen-bond acceptors (Lipinski definition) is 6. The number of aryl methyl sites for hydroxylation is 1. The number of fused-ring (bicyclic) bond motifs is 1. The lowest BCUT2D eigenvalue weighted by Gasteiger charge is -2.18. The van der Waals surface area contributed by atoms with Crippen molar-refractivity contribution in [3.05, 3.63) is 80.6 Å². The molecular weight excluding hydrogens is 428 g/mol. The van der Waals surface area contributed by atoms with Gasteiger partial charge in [-0.05, 0) is 44.0 Å². The minimum absolute atomic E-state index is 0.0862. The Bertz CT molecular complexity index is 1270. The number of carbonyl (C=O) groups excluding carboxylic acids is 1. The van der Waals surface area contributed by atoms with E-state index in [4.69, 9.17) is 17.2 Å². The van der Waals surface area contributed by atoms with Crippen molar-refractivity contribution in [2.75, 3.05) is 11.9 Å². The molecule has 1 aliphatic heterocycles. The van der Waals surface area contributed by atoms with Gasteiger partial charge in [-0.1, -0.05) is 60.4 Å². The van der Waals surface area contributed by atoms with Crippen LogP contribution in [-0.4, -0.2) is 31.1 Å². The van der Waals surface area contributed by atoms with Gasteiger partial charge in [-0.2, -0.15) is 0 Å². The third kappa shape index (κ3) is 4.00. The molecule has 1 aromatic carbocycles. The van der Waals surface area contributed by atoms with E-state index in [1.165, 1.54) is 21.1 Å². The lowest BCUT2D eigenvalue weighted by atomic mass is 10.1. The Kier molecular flexibility index (Phi) is 5.93. The molecule has 3 aromatic rings. The molecule has 0 radical (unpaired) electrons. The number of amides is 1. The number of pyridine rings is 1. The Balaban J connectivity index is 1.87. The van der Waals surface area contributed by atoms with E-state index >= 15 is 0 Å². The molecule has 0 saturated carbocycles. The molecule has 1 atom stereocenters. The average Bonchev–Trinajstić information content (AvgIpc) is 3.04. The third-order valence-electron chi connectivity index (χ3n) is 5.20. The van der Waals surface area contributed by atoms with Crippen LogP contribution in [0.25, 0.3) is 11.7 Å². The second-order valence-corrected chi connectivity index (χ2v) is 8.94. The predicted molar refractivity (Wildman–Crippen MR) is 130 cm³/mol. The Morgan fingerprint density at radius 1 is 1.19 bits per heavy atom. The molecule has 4 rings (SSSR count). The normalized spacial score (nSPS) is 16.4. The van der Waals surface area contributed by atoms with Crippen LogP contribution in [0.3, 0.4) is 0 Å². The zero-order valence-corrected chi connectivity index (χ0v) is 19.1. The number of benzene rings is 1. The fourth-order valence-corrected chi connectivity index (χ4v) is 4.85. The first-order valence-electron chi connectivity index (χ1n) is 9.99. The number of nitrogens with one attached hydrogen (secondary N) is 1. The summed E-state index contributed by atoms with van der Waals surface area (Å²) < 4.78 is 2.01. The smallest absolute Gasteiger partial charge is 0.267 e. The number of anilines is 1. The van der Waals surface area contributed by atoms with Crippen LogP contribution in [0.4, 0.5) is 5.82 Å². The largest absolute Gasteiger partial charge is 0.363 e. The molecule has 1 N–H and O–H groups in total. The monoisotopic (exact) mass is 450 g/mol. The van der Waals surface area contributed by atoms with Crippen LogP contribution in [-0.2, 0) is 4.79 Å². The van der Waals surface area contributed by atoms with Gasteiger partial charge in [0.05, 0.1) is 10.5 Å². The number of thiocarbonyl (C=S) groups is 1. The lowest BCUT2D eigenvalue weighted by molar-refractivity contribution is -0.121. The van der Waals surface area contributed by atoms with E-state index in [9.17, 15) is 9.59 Å². The van der Waals surface area contributed by atoms with Crippen molar-refractivity contribution in [3.8, 4) is 0 Å². The Hall–Kier alpha value is -2.97. The molecule has 8 heteroatoms. The van der Waals surface area contributed by atoms with Crippen LogP contribution in [0.2, 0.25) is 0 Å². The highest BCUT2D eigenvalue weighted by Crippen LogP contribution is 2.33. The van der Waals surface area contributed by atoms with Crippen molar-refractivity contribution < 1.29 is 4.79 Å². The molecule has 158 valence electrons. The SMILES string of the molecule is CCN1C(=O)/C(=C\c2c(N[C@@H](C)c3ccccc3)nc3c(C)cccn3c2=O)SC1=S. The van der Waals surface area contributed by atoms with Crippen LogP contribution in [0.15, 0.2) is 58.4 Å².